The number of hydrogen-bond acceptors (Lipinski definition) is 4. The van der Waals surface area contributed by atoms with E-state index < -0.39 is 5.97 Å². The van der Waals surface area contributed by atoms with E-state index in [1.165, 1.54) is 0 Å². The normalized spacial score (nSPS) is 10.8. The third-order valence-corrected chi connectivity index (χ3v) is 4.58. The number of nitrogens with one attached hydrogen (secondary N) is 1. The minimum atomic E-state index is -0.452. The van der Waals surface area contributed by atoms with Crippen molar-refractivity contribution in [1.29, 1.82) is 0 Å². The van der Waals surface area contributed by atoms with E-state index in [0.717, 1.165) is 27.4 Å². The molecule has 0 aliphatic rings. The van der Waals surface area contributed by atoms with Crippen LogP contribution < -0.4 is 0 Å². The topological polar surface area (TPSA) is 75.3 Å². The fourth-order valence-corrected chi connectivity index (χ4v) is 3.33. The summed E-state index contributed by atoms with van der Waals surface area (Å²) in [6, 6.07) is 5.50. The van der Waals surface area contributed by atoms with Gasteiger partial charge < -0.3 is 14.6 Å². The molecule has 0 radical (unpaired) electrons. The van der Waals surface area contributed by atoms with Gasteiger partial charge in [0.1, 0.15) is 0 Å². The van der Waals surface area contributed by atoms with Crippen molar-refractivity contribution in [3.63, 3.8) is 0 Å². The number of aryl methyl sites for hydroxylation is 1. The van der Waals surface area contributed by atoms with E-state index in [9.17, 15) is 9.59 Å². The lowest BCUT2D eigenvalue weighted by molar-refractivity contribution is 0.0518. The van der Waals surface area contributed by atoms with Gasteiger partial charge in [0.05, 0.1) is 18.3 Å². The fourth-order valence-electron chi connectivity index (χ4n) is 3.33. The van der Waals surface area contributed by atoms with Crippen LogP contribution in [0.4, 0.5) is 0 Å². The molecule has 3 rings (SSSR count). The molecule has 0 bridgehead atoms. The van der Waals surface area contributed by atoms with Crippen LogP contribution in [0, 0.1) is 6.92 Å². The van der Waals surface area contributed by atoms with Crippen LogP contribution in [-0.4, -0.2) is 46.4 Å². The minimum Gasteiger partial charge on any atom is -0.461 e. The smallest absolute Gasteiger partial charge is 0.357 e. The third kappa shape index (κ3) is 3.41. The van der Waals surface area contributed by atoms with Crippen molar-refractivity contribution in [3.05, 3.63) is 66.5 Å². The molecule has 6 heteroatoms. The van der Waals surface area contributed by atoms with E-state index in [1.54, 1.807) is 36.2 Å². The molecule has 0 atom stereocenters. The lowest BCUT2D eigenvalue weighted by atomic mass is 10.0. The quantitative estimate of drug-likeness (QED) is 0.498. The molecule has 6 nitrogen and oxygen atoms in total. The Kier molecular flexibility index (Phi) is 5.59. The van der Waals surface area contributed by atoms with Crippen LogP contribution >= 0.6 is 0 Å². The summed E-state index contributed by atoms with van der Waals surface area (Å²) in [5.74, 6) is -0.556. The number of aromatic nitrogens is 2. The molecule has 0 aliphatic carbocycles. The Morgan fingerprint density at radius 3 is 2.57 bits per heavy atom. The molecule has 0 fully saturated rings. The molecule has 1 amide bonds. The maximum atomic E-state index is 12.9. The number of esters is 1. The number of amides is 1. The first-order valence-electron chi connectivity index (χ1n) is 9.11. The van der Waals surface area contributed by atoms with Gasteiger partial charge in [-0.1, -0.05) is 12.2 Å². The van der Waals surface area contributed by atoms with Gasteiger partial charge in [0.25, 0.3) is 5.91 Å². The summed E-state index contributed by atoms with van der Waals surface area (Å²) in [5, 5.41) is 1.73. The van der Waals surface area contributed by atoms with E-state index in [4.69, 9.17) is 4.74 Å². The lowest BCUT2D eigenvalue weighted by Gasteiger charge is -2.19. The van der Waals surface area contributed by atoms with Crippen LogP contribution in [0.15, 0.2) is 49.7 Å². The Morgan fingerprint density at radius 2 is 1.93 bits per heavy atom. The number of fused-ring (bicyclic) bond motifs is 3. The van der Waals surface area contributed by atoms with Gasteiger partial charge >= 0.3 is 5.97 Å². The number of carbonyl (C=O) groups excluding carboxylic acids is 2. The highest BCUT2D eigenvalue weighted by molar-refractivity contribution is 6.12. The van der Waals surface area contributed by atoms with Gasteiger partial charge in [-0.15, -0.1) is 13.2 Å². The monoisotopic (exact) mass is 377 g/mol. The zero-order valence-corrected chi connectivity index (χ0v) is 16.1. The number of carbonyl (C=O) groups is 2. The average Bonchev–Trinajstić information content (AvgIpc) is 3.06. The first kappa shape index (κ1) is 19.4. The summed E-state index contributed by atoms with van der Waals surface area (Å²) in [7, 11) is 0. The Morgan fingerprint density at radius 1 is 1.21 bits per heavy atom. The first-order valence-corrected chi connectivity index (χ1v) is 9.11. The average molecular weight is 377 g/mol. The van der Waals surface area contributed by atoms with Crippen LogP contribution in [0.25, 0.3) is 21.8 Å². The molecule has 1 aromatic carbocycles. The second-order valence-electron chi connectivity index (χ2n) is 6.41. The minimum absolute atomic E-state index is 0.103. The fraction of sp³-hybridized carbons (Fsp3) is 0.227. The van der Waals surface area contributed by atoms with Crippen LogP contribution in [0.1, 0.15) is 33.3 Å². The first-order chi connectivity index (χ1) is 13.5. The lowest BCUT2D eigenvalue weighted by Crippen LogP contribution is -2.31. The highest BCUT2D eigenvalue weighted by Gasteiger charge is 2.19. The van der Waals surface area contributed by atoms with Gasteiger partial charge in [0.15, 0.2) is 5.69 Å². The van der Waals surface area contributed by atoms with E-state index in [-0.39, 0.29) is 18.2 Å². The molecule has 0 spiro atoms. The summed E-state index contributed by atoms with van der Waals surface area (Å²) >= 11 is 0. The SMILES string of the molecule is C=CCN(CC=C)C(=O)c1ccc2[nH]c3cnc(C(=O)OCC)c(C)c3c2c1. The van der Waals surface area contributed by atoms with E-state index in [2.05, 4.69) is 23.1 Å². The maximum Gasteiger partial charge on any atom is 0.357 e. The third-order valence-electron chi connectivity index (χ3n) is 4.58. The predicted octanol–water partition coefficient (Wildman–Crippen LogP) is 4.02. The molecule has 0 aliphatic heterocycles. The Balaban J connectivity index is 2.14. The molecule has 2 aromatic heterocycles. The van der Waals surface area contributed by atoms with Crippen molar-refractivity contribution in [2.75, 3.05) is 19.7 Å². The summed E-state index contributed by atoms with van der Waals surface area (Å²) in [5.41, 5.74) is 3.24. The number of pyridine rings is 1. The van der Waals surface area contributed by atoms with Crippen LogP contribution in [0.5, 0.6) is 0 Å². The maximum absolute atomic E-state index is 12.9. The molecule has 28 heavy (non-hydrogen) atoms. The standard InChI is InChI=1S/C22H23N3O3/c1-5-10-25(11-6-2)21(26)15-8-9-17-16(12-15)19-14(4)20(22(27)28-7-3)23-13-18(19)24-17/h5-6,8-9,12-13,24H,1-2,7,10-11H2,3-4H3. The van der Waals surface area contributed by atoms with Gasteiger partial charge in [0, 0.05) is 34.9 Å². The Labute approximate surface area is 163 Å². The number of aromatic amines is 1. The van der Waals surface area contributed by atoms with Gasteiger partial charge in [-0.2, -0.15) is 0 Å². The van der Waals surface area contributed by atoms with Crippen molar-refractivity contribution < 1.29 is 14.3 Å². The largest absolute Gasteiger partial charge is 0.461 e. The van der Waals surface area contributed by atoms with E-state index in [1.807, 2.05) is 19.1 Å². The molecule has 0 saturated heterocycles. The number of H-pyrrole nitrogens is 1. The Hall–Kier alpha value is -3.41. The zero-order valence-electron chi connectivity index (χ0n) is 16.1. The van der Waals surface area contributed by atoms with Crippen LogP contribution in [0.2, 0.25) is 0 Å². The highest BCUT2D eigenvalue weighted by atomic mass is 16.5. The molecule has 3 aromatic rings. The number of rotatable bonds is 7. The number of ether oxygens (including phenoxy) is 1. The number of benzene rings is 1. The molecular weight excluding hydrogens is 354 g/mol. The van der Waals surface area contributed by atoms with E-state index in [0.29, 0.717) is 18.7 Å². The van der Waals surface area contributed by atoms with Crippen molar-refractivity contribution in [1.82, 2.24) is 14.9 Å². The second kappa shape index (κ2) is 8.08. The van der Waals surface area contributed by atoms with Crippen molar-refractivity contribution >= 4 is 33.7 Å². The number of hydrogen-bond donors (Lipinski definition) is 1. The van der Waals surface area contributed by atoms with Crippen molar-refractivity contribution in [2.45, 2.75) is 13.8 Å². The van der Waals surface area contributed by atoms with Crippen LogP contribution in [0.3, 0.4) is 0 Å². The summed E-state index contributed by atoms with van der Waals surface area (Å²) < 4.78 is 5.10. The molecule has 0 saturated carbocycles. The van der Waals surface area contributed by atoms with Gasteiger partial charge in [-0.25, -0.2) is 9.78 Å². The van der Waals surface area contributed by atoms with Gasteiger partial charge in [-0.05, 0) is 37.6 Å². The second-order valence-corrected chi connectivity index (χ2v) is 6.41. The van der Waals surface area contributed by atoms with Gasteiger partial charge in [-0.3, -0.25) is 4.79 Å². The summed E-state index contributed by atoms with van der Waals surface area (Å²) in [6.45, 7) is 12.2. The highest BCUT2D eigenvalue weighted by Crippen LogP contribution is 2.30. The van der Waals surface area contributed by atoms with Crippen molar-refractivity contribution in [3.8, 4) is 0 Å². The predicted molar refractivity (Wildman–Crippen MR) is 111 cm³/mol. The molecular formula is C22H23N3O3. The molecule has 0 unspecified atom stereocenters. The number of nitrogens with zero attached hydrogens (tertiary/aromatic N) is 2. The van der Waals surface area contributed by atoms with Crippen LogP contribution in [-0.2, 0) is 4.74 Å². The zero-order chi connectivity index (χ0) is 20.3. The van der Waals surface area contributed by atoms with Gasteiger partial charge in [0.2, 0.25) is 0 Å². The Bertz CT molecular complexity index is 1070. The molecule has 2 heterocycles. The summed E-state index contributed by atoms with van der Waals surface area (Å²) in [4.78, 5) is 34.3. The van der Waals surface area contributed by atoms with Crippen molar-refractivity contribution in [2.24, 2.45) is 0 Å². The van der Waals surface area contributed by atoms with E-state index >= 15 is 0 Å². The molecule has 144 valence electrons. The molecule has 1 N–H and O–H groups in total. The summed E-state index contributed by atoms with van der Waals surface area (Å²) in [6.07, 6.45) is 5.00.